The number of rotatable bonds is 7. The Labute approximate surface area is 154 Å². The highest BCUT2D eigenvalue weighted by Crippen LogP contribution is 2.34. The van der Waals surface area contributed by atoms with Crippen LogP contribution >= 0.6 is 0 Å². The normalized spacial score (nSPS) is 17.3. The lowest BCUT2D eigenvalue weighted by molar-refractivity contribution is 0.200. The second kappa shape index (κ2) is 8.36. The Morgan fingerprint density at radius 3 is 2.88 bits per heavy atom. The van der Waals surface area contributed by atoms with Crippen LogP contribution in [0.5, 0.6) is 11.5 Å². The predicted molar refractivity (Wildman–Crippen MR) is 99.3 cm³/mol. The van der Waals surface area contributed by atoms with E-state index < -0.39 is 0 Å². The van der Waals surface area contributed by atoms with E-state index in [-0.39, 0.29) is 6.04 Å². The fraction of sp³-hybridized carbons (Fsp3) is 0.500. The molecule has 3 rings (SSSR count). The number of ether oxygens (including phenoxy) is 2. The van der Waals surface area contributed by atoms with Crippen molar-refractivity contribution >= 4 is 0 Å². The van der Waals surface area contributed by atoms with E-state index >= 15 is 0 Å². The topological polar surface area (TPSA) is 60.6 Å². The minimum Gasteiger partial charge on any atom is -0.493 e. The van der Waals surface area contributed by atoms with Crippen molar-refractivity contribution in [1.29, 1.82) is 0 Å². The summed E-state index contributed by atoms with van der Waals surface area (Å²) < 4.78 is 16.7. The molecule has 0 aliphatic carbocycles. The lowest BCUT2D eigenvalue weighted by atomic mass is 10.1. The predicted octanol–water partition coefficient (Wildman–Crippen LogP) is 4.07. The van der Waals surface area contributed by atoms with Crippen LogP contribution in [0.15, 0.2) is 34.4 Å². The highest BCUT2D eigenvalue weighted by atomic mass is 16.5. The number of nitrogens with zero attached hydrogens (tertiary/aromatic N) is 3. The van der Waals surface area contributed by atoms with Gasteiger partial charge in [0.2, 0.25) is 5.89 Å². The molecule has 0 spiro atoms. The van der Waals surface area contributed by atoms with Gasteiger partial charge < -0.3 is 14.0 Å². The first-order chi connectivity index (χ1) is 12.6. The van der Waals surface area contributed by atoms with Crippen LogP contribution in [-0.2, 0) is 6.54 Å². The highest BCUT2D eigenvalue weighted by molar-refractivity contribution is 5.43. The summed E-state index contributed by atoms with van der Waals surface area (Å²) >= 11 is 0. The van der Waals surface area contributed by atoms with Crippen molar-refractivity contribution in [2.75, 3.05) is 20.3 Å². The van der Waals surface area contributed by atoms with Crippen molar-refractivity contribution in [3.8, 4) is 11.5 Å². The van der Waals surface area contributed by atoms with Gasteiger partial charge in [-0.2, -0.15) is 4.98 Å². The molecule has 1 atom stereocenters. The molecule has 1 aromatic carbocycles. The molecular weight excluding hydrogens is 330 g/mol. The van der Waals surface area contributed by atoms with Crippen LogP contribution in [0.1, 0.15) is 50.0 Å². The van der Waals surface area contributed by atoms with Gasteiger partial charge in [0.05, 0.1) is 13.2 Å². The summed E-state index contributed by atoms with van der Waals surface area (Å²) in [6.45, 7) is 8.35. The molecule has 140 valence electrons. The molecule has 0 unspecified atom stereocenters. The third-order valence-corrected chi connectivity index (χ3v) is 4.54. The van der Waals surface area contributed by atoms with Crippen molar-refractivity contribution in [2.45, 2.75) is 46.2 Å². The van der Waals surface area contributed by atoms with Gasteiger partial charge in [0.15, 0.2) is 17.3 Å². The molecule has 1 aliphatic rings. The van der Waals surface area contributed by atoms with Crippen LogP contribution < -0.4 is 9.47 Å². The Balaban J connectivity index is 1.70. The zero-order chi connectivity index (χ0) is 18.5. The van der Waals surface area contributed by atoms with Crippen LogP contribution in [0.25, 0.3) is 0 Å². The third kappa shape index (κ3) is 4.43. The Bertz CT molecular complexity index is 765. The summed E-state index contributed by atoms with van der Waals surface area (Å²) in [5.74, 6) is 2.92. The third-order valence-electron chi connectivity index (χ3n) is 4.54. The first-order valence-corrected chi connectivity index (χ1v) is 9.04. The van der Waals surface area contributed by atoms with Gasteiger partial charge in [0.1, 0.15) is 6.61 Å². The maximum atomic E-state index is 5.81. The Hall–Kier alpha value is -2.34. The van der Waals surface area contributed by atoms with Crippen LogP contribution in [-0.4, -0.2) is 35.3 Å². The number of allylic oxidation sites excluding steroid dienone is 1. The monoisotopic (exact) mass is 357 g/mol. The maximum Gasteiger partial charge on any atom is 0.243 e. The first-order valence-electron chi connectivity index (χ1n) is 9.04. The van der Waals surface area contributed by atoms with E-state index in [9.17, 15) is 0 Å². The fourth-order valence-electron chi connectivity index (χ4n) is 3.21. The summed E-state index contributed by atoms with van der Waals surface area (Å²) in [7, 11) is 1.67. The molecular formula is C20H27N3O3. The largest absolute Gasteiger partial charge is 0.493 e. The highest BCUT2D eigenvalue weighted by Gasteiger charge is 2.30. The standard InChI is InChI=1S/C20H27N3O3/c1-14(2)9-11-25-18-8-7-16(12-19(18)24-4)13-23-10-5-6-17(23)20-21-15(3)22-26-20/h7-9,12,17H,5-6,10-11,13H2,1-4H3/t17-/m1/s1. The average Bonchev–Trinajstić information content (AvgIpc) is 3.24. The maximum absolute atomic E-state index is 5.81. The minimum absolute atomic E-state index is 0.191. The average molecular weight is 357 g/mol. The zero-order valence-corrected chi connectivity index (χ0v) is 16.0. The van der Waals surface area contributed by atoms with Gasteiger partial charge in [-0.15, -0.1) is 0 Å². The SMILES string of the molecule is COc1cc(CN2CCC[C@@H]2c2nc(C)no2)ccc1OCC=C(C)C. The Morgan fingerprint density at radius 1 is 1.35 bits per heavy atom. The van der Waals surface area contributed by atoms with Gasteiger partial charge in [0, 0.05) is 6.54 Å². The van der Waals surface area contributed by atoms with Gasteiger partial charge in [-0.1, -0.05) is 16.8 Å². The summed E-state index contributed by atoms with van der Waals surface area (Å²) in [6.07, 6.45) is 4.23. The van der Waals surface area contributed by atoms with Gasteiger partial charge in [-0.05, 0) is 63.9 Å². The molecule has 6 heteroatoms. The quantitative estimate of drug-likeness (QED) is 0.696. The minimum atomic E-state index is 0.191. The van der Waals surface area contributed by atoms with Gasteiger partial charge >= 0.3 is 0 Å². The molecule has 0 amide bonds. The van der Waals surface area contributed by atoms with E-state index in [2.05, 4.69) is 41.0 Å². The van der Waals surface area contributed by atoms with Crippen LogP contribution in [0.4, 0.5) is 0 Å². The van der Waals surface area contributed by atoms with E-state index in [0.29, 0.717) is 18.3 Å². The van der Waals surface area contributed by atoms with Gasteiger partial charge in [-0.3, -0.25) is 4.90 Å². The number of hydrogen-bond acceptors (Lipinski definition) is 6. The lowest BCUT2D eigenvalue weighted by Gasteiger charge is -2.22. The van der Waals surface area contributed by atoms with Crippen molar-refractivity contribution in [3.05, 3.63) is 47.1 Å². The number of aryl methyl sites for hydroxylation is 1. The molecule has 26 heavy (non-hydrogen) atoms. The summed E-state index contributed by atoms with van der Waals surface area (Å²) in [5.41, 5.74) is 2.41. The second-order valence-corrected chi connectivity index (χ2v) is 6.89. The van der Waals surface area contributed by atoms with Crippen molar-refractivity contribution in [1.82, 2.24) is 15.0 Å². The van der Waals surface area contributed by atoms with Crippen LogP contribution in [0.2, 0.25) is 0 Å². The number of aromatic nitrogens is 2. The molecule has 0 bridgehead atoms. The summed E-state index contributed by atoms with van der Waals surface area (Å²) in [6, 6.07) is 6.31. The van der Waals surface area contributed by atoms with Crippen molar-refractivity contribution in [2.24, 2.45) is 0 Å². The molecule has 1 fully saturated rings. The summed E-state index contributed by atoms with van der Waals surface area (Å²) in [5, 5.41) is 3.93. The molecule has 0 N–H and O–H groups in total. The van der Waals surface area contributed by atoms with E-state index in [1.54, 1.807) is 7.11 Å². The number of likely N-dealkylation sites (tertiary alicyclic amines) is 1. The molecule has 2 heterocycles. The van der Waals surface area contributed by atoms with Gasteiger partial charge in [-0.25, -0.2) is 0 Å². The van der Waals surface area contributed by atoms with Gasteiger partial charge in [0.25, 0.3) is 0 Å². The van der Waals surface area contributed by atoms with Crippen LogP contribution in [0, 0.1) is 6.92 Å². The molecule has 1 saturated heterocycles. The molecule has 0 saturated carbocycles. The molecule has 0 radical (unpaired) electrons. The second-order valence-electron chi connectivity index (χ2n) is 6.89. The summed E-state index contributed by atoms with van der Waals surface area (Å²) in [4.78, 5) is 6.79. The number of benzene rings is 1. The number of hydrogen-bond donors (Lipinski definition) is 0. The molecule has 1 aromatic heterocycles. The smallest absolute Gasteiger partial charge is 0.243 e. The van der Waals surface area contributed by atoms with Crippen LogP contribution in [0.3, 0.4) is 0 Å². The van der Waals surface area contributed by atoms with E-state index in [4.69, 9.17) is 14.0 Å². The van der Waals surface area contributed by atoms with E-state index in [1.807, 2.05) is 19.1 Å². The van der Waals surface area contributed by atoms with Crippen molar-refractivity contribution < 1.29 is 14.0 Å². The number of methoxy groups -OCH3 is 1. The fourth-order valence-corrected chi connectivity index (χ4v) is 3.21. The van der Waals surface area contributed by atoms with E-state index in [1.165, 1.54) is 11.1 Å². The van der Waals surface area contributed by atoms with Crippen molar-refractivity contribution in [3.63, 3.8) is 0 Å². The Morgan fingerprint density at radius 2 is 2.19 bits per heavy atom. The first kappa shape index (κ1) is 18.5. The molecule has 2 aromatic rings. The zero-order valence-electron chi connectivity index (χ0n) is 16.0. The molecule has 1 aliphatic heterocycles. The Kier molecular flexibility index (Phi) is 5.93. The molecule has 6 nitrogen and oxygen atoms in total. The van der Waals surface area contributed by atoms with E-state index in [0.717, 1.165) is 37.4 Å². The lowest BCUT2D eigenvalue weighted by Crippen LogP contribution is -2.23.